The Hall–Kier alpha value is -15.2. The largest absolute Gasteiger partial charge is 0.456 e. The maximum Gasteiger partial charge on any atom is 0.159 e. The standard InChI is InChI=1S/2C57H40N2O/c1-57(2)50-19-9-6-15-44(50)45-33-32-43(36-51(45)57)58(54-21-12-18-48-47-17-8-11-22-55(47)60-56(48)54)41-28-25-39(26-29-41)40-27-34-53-49(35-40)46-16-7-10-20-52(46)59(53)42-30-23-38(24-31-42)37-13-4-3-5-14-37;1-57(2)51-17-9-6-14-45(51)46-31-29-44(36-52(46)57)58(43-30-33-56-50(35-43)48-16-8-11-19-55(48)60-56)41-25-22-39(23-26-41)40-24-32-54-49(34-40)47-15-7-10-18-53(47)59(54)42-27-20-38(21-28-42)37-12-4-3-5-13-37/h2*3-36H,1-2H3. The van der Waals surface area contributed by atoms with Gasteiger partial charge in [0.1, 0.15) is 16.7 Å². The molecule has 0 fully saturated rings. The predicted octanol–water partition coefficient (Wildman–Crippen LogP) is 31.6. The molecule has 0 N–H and O–H groups in total. The van der Waals surface area contributed by atoms with Crippen LogP contribution >= 0.6 is 0 Å². The summed E-state index contributed by atoms with van der Waals surface area (Å²) < 4.78 is 17.7. The summed E-state index contributed by atoms with van der Waals surface area (Å²) in [5.41, 5.74) is 37.1. The third-order valence-corrected chi connectivity index (χ3v) is 25.6. The highest BCUT2D eigenvalue weighted by Gasteiger charge is 2.38. The van der Waals surface area contributed by atoms with Crippen LogP contribution in [0.3, 0.4) is 0 Å². The molecule has 0 atom stereocenters. The average Bonchev–Trinajstić information content (AvgIpc) is 1.57. The summed E-state index contributed by atoms with van der Waals surface area (Å²) >= 11 is 0. The van der Waals surface area contributed by atoms with Gasteiger partial charge in [-0.15, -0.1) is 0 Å². The van der Waals surface area contributed by atoms with Gasteiger partial charge in [-0.05, 0) is 235 Å². The van der Waals surface area contributed by atoms with E-state index in [1.807, 2.05) is 18.2 Å². The summed E-state index contributed by atoms with van der Waals surface area (Å²) in [4.78, 5) is 4.76. The van der Waals surface area contributed by atoms with E-state index >= 15 is 0 Å². The van der Waals surface area contributed by atoms with E-state index in [2.05, 4.69) is 441 Å². The van der Waals surface area contributed by atoms with E-state index in [0.29, 0.717) is 0 Å². The SMILES string of the molecule is CC1(C)c2ccccc2-c2ccc(N(c3ccc(-c4ccc5c(c4)c4ccccc4n5-c4ccc(-c5ccccc5)cc4)cc3)c3ccc4oc5ccccc5c4c3)cc21.CC1(C)c2ccccc2-c2ccc(N(c3ccc(-c4ccc5c(c4)c4ccccc4n5-c4ccc(-c5ccccc5)cc4)cc3)c3cccc4c3oc3ccccc34)cc21. The molecule has 4 aromatic heterocycles. The Morgan fingerprint density at radius 1 is 0.208 bits per heavy atom. The van der Waals surface area contributed by atoms with Gasteiger partial charge in [-0.3, -0.25) is 0 Å². The van der Waals surface area contributed by atoms with Gasteiger partial charge >= 0.3 is 0 Å². The highest BCUT2D eigenvalue weighted by molar-refractivity contribution is 6.14. The minimum Gasteiger partial charge on any atom is -0.456 e. The number of hydrogen-bond acceptors (Lipinski definition) is 4. The lowest BCUT2D eigenvalue weighted by atomic mass is 9.82. The molecule has 0 saturated heterocycles. The average molecular weight is 1540 g/mol. The van der Waals surface area contributed by atoms with Gasteiger partial charge in [0.25, 0.3) is 0 Å². The van der Waals surface area contributed by atoms with E-state index in [-0.39, 0.29) is 10.8 Å². The van der Waals surface area contributed by atoms with E-state index in [0.717, 1.165) is 94.9 Å². The molecule has 22 aromatic rings. The molecule has 2 aliphatic carbocycles. The first-order chi connectivity index (χ1) is 59.0. The first-order valence-electron chi connectivity index (χ1n) is 41.5. The number of rotatable bonds is 12. The molecular weight excluding hydrogens is 1460 g/mol. The molecule has 24 rings (SSSR count). The zero-order valence-electron chi connectivity index (χ0n) is 66.9. The second kappa shape index (κ2) is 27.7. The number of hydrogen-bond donors (Lipinski definition) is 0. The molecular formula is C114H80N4O2. The lowest BCUT2D eigenvalue weighted by molar-refractivity contribution is 0.660. The van der Waals surface area contributed by atoms with Crippen LogP contribution < -0.4 is 9.80 Å². The van der Waals surface area contributed by atoms with Crippen LogP contribution in [0.25, 0.3) is 166 Å². The smallest absolute Gasteiger partial charge is 0.159 e. The van der Waals surface area contributed by atoms with Crippen molar-refractivity contribution in [3.8, 4) is 78.1 Å². The van der Waals surface area contributed by atoms with Gasteiger partial charge < -0.3 is 27.8 Å². The number of benzene rings is 18. The van der Waals surface area contributed by atoms with Crippen LogP contribution in [0.2, 0.25) is 0 Å². The number of para-hydroxylation sites is 5. The molecule has 0 unspecified atom stereocenters. The number of anilines is 6. The van der Waals surface area contributed by atoms with E-state index in [4.69, 9.17) is 8.83 Å². The van der Waals surface area contributed by atoms with Crippen LogP contribution in [-0.2, 0) is 10.8 Å². The summed E-state index contributed by atoms with van der Waals surface area (Å²) in [5.74, 6) is 0. The Morgan fingerprint density at radius 3 is 1.08 bits per heavy atom. The molecule has 0 aliphatic heterocycles. The van der Waals surface area contributed by atoms with Crippen LogP contribution in [0, 0.1) is 0 Å². The second-order valence-electron chi connectivity index (χ2n) is 33.1. The molecule has 6 heteroatoms. The fourth-order valence-electron chi connectivity index (χ4n) is 19.6. The third kappa shape index (κ3) is 11.4. The topological polar surface area (TPSA) is 42.6 Å². The molecule has 2 aliphatic rings. The first-order valence-corrected chi connectivity index (χ1v) is 41.5. The molecule has 0 bridgehead atoms. The lowest BCUT2D eigenvalue weighted by Gasteiger charge is -2.28. The Balaban J connectivity index is 0.000000140. The van der Waals surface area contributed by atoms with Crippen molar-refractivity contribution in [3.63, 3.8) is 0 Å². The molecule has 0 amide bonds. The van der Waals surface area contributed by atoms with Gasteiger partial charge in [0.2, 0.25) is 0 Å². The zero-order chi connectivity index (χ0) is 79.9. The van der Waals surface area contributed by atoms with Crippen molar-refractivity contribution in [2.75, 3.05) is 9.80 Å². The fraction of sp³-hybridized carbons (Fsp3) is 0.0526. The molecule has 568 valence electrons. The Labute approximate surface area is 696 Å². The zero-order valence-corrected chi connectivity index (χ0v) is 66.9. The van der Waals surface area contributed by atoms with Crippen LogP contribution in [-0.4, -0.2) is 9.13 Å². The number of nitrogens with zero attached hydrogens (tertiary/aromatic N) is 4. The quantitative estimate of drug-likeness (QED) is 0.122. The Bertz CT molecular complexity index is 7800. The van der Waals surface area contributed by atoms with Crippen LogP contribution in [0.1, 0.15) is 49.9 Å². The van der Waals surface area contributed by atoms with Crippen molar-refractivity contribution >= 4 is 122 Å². The molecule has 4 heterocycles. The molecule has 0 spiro atoms. The Morgan fingerprint density at radius 2 is 0.558 bits per heavy atom. The molecule has 18 aromatic carbocycles. The van der Waals surface area contributed by atoms with Gasteiger partial charge in [0.05, 0.1) is 27.8 Å². The highest BCUT2D eigenvalue weighted by Crippen LogP contribution is 2.54. The Kier molecular flexibility index (Phi) is 16.2. The van der Waals surface area contributed by atoms with Gasteiger partial charge in [-0.1, -0.05) is 295 Å². The summed E-state index contributed by atoms with van der Waals surface area (Å²) in [7, 11) is 0. The summed E-state index contributed by atoms with van der Waals surface area (Å²) in [6.07, 6.45) is 0. The monoisotopic (exact) mass is 1540 g/mol. The van der Waals surface area contributed by atoms with E-state index < -0.39 is 0 Å². The van der Waals surface area contributed by atoms with Crippen molar-refractivity contribution in [2.24, 2.45) is 0 Å². The number of furan rings is 2. The lowest BCUT2D eigenvalue weighted by Crippen LogP contribution is -2.16. The van der Waals surface area contributed by atoms with E-state index in [1.165, 1.54) is 127 Å². The van der Waals surface area contributed by atoms with Crippen molar-refractivity contribution < 1.29 is 8.83 Å². The van der Waals surface area contributed by atoms with Crippen LogP contribution in [0.15, 0.2) is 421 Å². The fourth-order valence-corrected chi connectivity index (χ4v) is 19.6. The molecule has 120 heavy (non-hydrogen) atoms. The first kappa shape index (κ1) is 70.2. The number of aromatic nitrogens is 2. The highest BCUT2D eigenvalue weighted by atomic mass is 16.3. The summed E-state index contributed by atoms with van der Waals surface area (Å²) in [6, 6.07) is 150. The second-order valence-corrected chi connectivity index (χ2v) is 33.1. The van der Waals surface area contributed by atoms with Crippen molar-refractivity contribution in [2.45, 2.75) is 38.5 Å². The van der Waals surface area contributed by atoms with Crippen LogP contribution in [0.5, 0.6) is 0 Å². The van der Waals surface area contributed by atoms with Gasteiger partial charge in [-0.25, -0.2) is 0 Å². The van der Waals surface area contributed by atoms with Gasteiger partial charge in [0.15, 0.2) is 5.58 Å². The minimum atomic E-state index is -0.129. The number of fused-ring (bicyclic) bond motifs is 18. The van der Waals surface area contributed by atoms with E-state index in [9.17, 15) is 0 Å². The third-order valence-electron chi connectivity index (χ3n) is 25.6. The van der Waals surface area contributed by atoms with Crippen LogP contribution in [0.4, 0.5) is 34.1 Å². The maximum atomic E-state index is 6.68. The normalized spacial score (nSPS) is 13.0. The minimum absolute atomic E-state index is 0.116. The molecule has 0 saturated carbocycles. The van der Waals surface area contributed by atoms with Crippen molar-refractivity contribution in [1.82, 2.24) is 9.13 Å². The summed E-state index contributed by atoms with van der Waals surface area (Å²) in [6.45, 7) is 9.38. The van der Waals surface area contributed by atoms with Gasteiger partial charge in [0, 0.05) is 93.7 Å². The van der Waals surface area contributed by atoms with Crippen molar-refractivity contribution in [1.29, 1.82) is 0 Å². The maximum absolute atomic E-state index is 6.68. The van der Waals surface area contributed by atoms with Crippen molar-refractivity contribution in [3.05, 3.63) is 435 Å². The molecule has 6 nitrogen and oxygen atoms in total. The van der Waals surface area contributed by atoms with Gasteiger partial charge in [-0.2, -0.15) is 0 Å². The summed E-state index contributed by atoms with van der Waals surface area (Å²) in [5, 5.41) is 9.42. The molecule has 0 radical (unpaired) electrons. The van der Waals surface area contributed by atoms with E-state index in [1.54, 1.807) is 0 Å². The predicted molar refractivity (Wildman–Crippen MR) is 502 cm³/mol.